The fraction of sp³-hybridized carbons (Fsp3) is 0.481. The van der Waals surface area contributed by atoms with Crippen molar-refractivity contribution in [3.63, 3.8) is 0 Å². The van der Waals surface area contributed by atoms with Crippen molar-refractivity contribution in [2.45, 2.75) is 71.0 Å². The van der Waals surface area contributed by atoms with Crippen molar-refractivity contribution in [2.24, 2.45) is 0 Å². The third kappa shape index (κ3) is 7.46. The van der Waals surface area contributed by atoms with E-state index < -0.39 is 28.5 Å². The highest BCUT2D eigenvalue weighted by Gasteiger charge is 2.33. The number of amides is 2. The fourth-order valence-corrected chi connectivity index (χ4v) is 5.56. The Bertz CT molecular complexity index is 1130. The molecule has 1 aliphatic carbocycles. The molecule has 1 fully saturated rings. The molecule has 7 nitrogen and oxygen atoms in total. The molecule has 196 valence electrons. The van der Waals surface area contributed by atoms with Crippen molar-refractivity contribution in [3.8, 4) is 0 Å². The number of nitrogens with one attached hydrogen (secondary N) is 1. The first-order chi connectivity index (χ1) is 17.1. The van der Waals surface area contributed by atoms with Crippen LogP contribution in [0.2, 0.25) is 5.02 Å². The molecule has 0 unspecified atom stereocenters. The zero-order valence-electron chi connectivity index (χ0n) is 21.2. The molecule has 9 heteroatoms. The number of aryl methyl sites for hydroxylation is 1. The monoisotopic (exact) mass is 533 g/mol. The van der Waals surface area contributed by atoms with Gasteiger partial charge in [0, 0.05) is 17.6 Å². The minimum absolute atomic E-state index is 0.114. The van der Waals surface area contributed by atoms with Gasteiger partial charge in [-0.3, -0.25) is 13.9 Å². The summed E-state index contributed by atoms with van der Waals surface area (Å²) in [4.78, 5) is 28.5. The smallest absolute Gasteiger partial charge is 0.244 e. The van der Waals surface area contributed by atoms with Crippen LogP contribution in [0.25, 0.3) is 0 Å². The molecule has 0 spiro atoms. The number of hydrogen-bond donors (Lipinski definition) is 1. The molecule has 0 heterocycles. The molecule has 0 bridgehead atoms. The molecule has 0 saturated heterocycles. The van der Waals surface area contributed by atoms with Crippen molar-refractivity contribution in [1.29, 1.82) is 0 Å². The van der Waals surface area contributed by atoms with Crippen molar-refractivity contribution in [2.75, 3.05) is 17.1 Å². The van der Waals surface area contributed by atoms with E-state index in [-0.39, 0.29) is 18.5 Å². The van der Waals surface area contributed by atoms with E-state index in [0.29, 0.717) is 17.1 Å². The van der Waals surface area contributed by atoms with Crippen molar-refractivity contribution in [3.05, 3.63) is 64.7 Å². The molecule has 1 N–H and O–H groups in total. The lowest BCUT2D eigenvalue weighted by atomic mass is 10.1. The first kappa shape index (κ1) is 28.0. The lowest BCUT2D eigenvalue weighted by Crippen LogP contribution is -2.53. The Kier molecular flexibility index (Phi) is 9.79. The summed E-state index contributed by atoms with van der Waals surface area (Å²) in [6.07, 6.45) is 6.33. The zero-order chi connectivity index (χ0) is 26.3. The van der Waals surface area contributed by atoms with Gasteiger partial charge < -0.3 is 10.2 Å². The van der Waals surface area contributed by atoms with Crippen LogP contribution in [-0.2, 0) is 32.6 Å². The molecule has 2 amide bonds. The van der Waals surface area contributed by atoms with Crippen LogP contribution < -0.4 is 9.62 Å². The summed E-state index contributed by atoms with van der Waals surface area (Å²) in [7, 11) is -3.75. The second-order valence-electron chi connectivity index (χ2n) is 9.35. The van der Waals surface area contributed by atoms with E-state index in [9.17, 15) is 18.0 Å². The minimum Gasteiger partial charge on any atom is -0.352 e. The molecule has 3 rings (SSSR count). The van der Waals surface area contributed by atoms with E-state index in [2.05, 4.69) is 5.32 Å². The van der Waals surface area contributed by atoms with E-state index in [1.807, 2.05) is 38.1 Å². The van der Waals surface area contributed by atoms with Gasteiger partial charge in [0.05, 0.1) is 11.9 Å². The number of halogens is 1. The van der Waals surface area contributed by atoms with E-state index in [1.54, 1.807) is 24.3 Å². The molecule has 0 aliphatic heterocycles. The lowest BCUT2D eigenvalue weighted by molar-refractivity contribution is -0.140. The van der Waals surface area contributed by atoms with Gasteiger partial charge in [-0.05, 0) is 61.1 Å². The van der Waals surface area contributed by atoms with Gasteiger partial charge >= 0.3 is 0 Å². The van der Waals surface area contributed by atoms with Crippen molar-refractivity contribution < 1.29 is 18.0 Å². The van der Waals surface area contributed by atoms with Crippen molar-refractivity contribution >= 4 is 39.1 Å². The maximum Gasteiger partial charge on any atom is 0.244 e. The number of benzene rings is 2. The topological polar surface area (TPSA) is 86.8 Å². The third-order valence-electron chi connectivity index (χ3n) is 6.67. The SMILES string of the molecule is CCc1ccc(N(CC(=O)N(Cc2ccc(Cl)cc2)[C@@H](CC)C(=O)NC2CCCC2)S(C)(=O)=O)cc1. The Hall–Kier alpha value is -2.58. The highest BCUT2D eigenvalue weighted by molar-refractivity contribution is 7.92. The summed E-state index contributed by atoms with van der Waals surface area (Å²) >= 11 is 6.04. The number of anilines is 1. The second-order valence-corrected chi connectivity index (χ2v) is 11.7. The Morgan fingerprint density at radius 1 is 1.00 bits per heavy atom. The minimum atomic E-state index is -3.75. The van der Waals surface area contributed by atoms with Crippen LogP contribution in [0.15, 0.2) is 48.5 Å². The number of nitrogens with zero attached hydrogens (tertiary/aromatic N) is 2. The molecule has 0 radical (unpaired) electrons. The lowest BCUT2D eigenvalue weighted by Gasteiger charge is -2.33. The Balaban J connectivity index is 1.90. The number of sulfonamides is 1. The van der Waals surface area contributed by atoms with Crippen LogP contribution in [0.3, 0.4) is 0 Å². The highest BCUT2D eigenvalue weighted by atomic mass is 35.5. The second kappa shape index (κ2) is 12.6. The average molecular weight is 534 g/mol. The molecule has 36 heavy (non-hydrogen) atoms. The maximum absolute atomic E-state index is 13.7. The maximum atomic E-state index is 13.7. The molecular formula is C27H36ClN3O4S. The van der Waals surface area contributed by atoms with Gasteiger partial charge in [-0.15, -0.1) is 0 Å². The third-order valence-corrected chi connectivity index (χ3v) is 8.06. The summed E-state index contributed by atoms with van der Waals surface area (Å²) in [5.74, 6) is -0.645. The summed E-state index contributed by atoms with van der Waals surface area (Å²) in [5.41, 5.74) is 2.29. The van der Waals surface area contributed by atoms with E-state index in [0.717, 1.165) is 53.8 Å². The van der Waals surface area contributed by atoms with Gasteiger partial charge in [-0.2, -0.15) is 0 Å². The molecular weight excluding hydrogens is 498 g/mol. The van der Waals surface area contributed by atoms with E-state index in [1.165, 1.54) is 4.90 Å². The summed E-state index contributed by atoms with van der Waals surface area (Å²) in [5, 5.41) is 3.67. The zero-order valence-corrected chi connectivity index (χ0v) is 22.8. The number of carbonyl (C=O) groups is 2. The summed E-state index contributed by atoms with van der Waals surface area (Å²) in [6, 6.07) is 13.6. The van der Waals surface area contributed by atoms with Gasteiger partial charge in [0.1, 0.15) is 12.6 Å². The van der Waals surface area contributed by atoms with Crippen LogP contribution in [0, 0.1) is 0 Å². The van der Waals surface area contributed by atoms with Crippen LogP contribution in [0.5, 0.6) is 0 Å². The predicted molar refractivity (Wildman–Crippen MR) is 144 cm³/mol. The Morgan fingerprint density at radius 2 is 1.58 bits per heavy atom. The van der Waals surface area contributed by atoms with Gasteiger partial charge in [-0.25, -0.2) is 8.42 Å². The molecule has 1 atom stereocenters. The first-order valence-electron chi connectivity index (χ1n) is 12.5. The van der Waals surface area contributed by atoms with Crippen LogP contribution in [-0.4, -0.2) is 50.0 Å². The van der Waals surface area contributed by atoms with Gasteiger partial charge in [0.15, 0.2) is 0 Å². The average Bonchev–Trinajstić information content (AvgIpc) is 3.36. The first-order valence-corrected chi connectivity index (χ1v) is 14.8. The number of carbonyl (C=O) groups excluding carboxylic acids is 2. The van der Waals surface area contributed by atoms with Gasteiger partial charge in [0.25, 0.3) is 0 Å². The van der Waals surface area contributed by atoms with Crippen LogP contribution in [0.4, 0.5) is 5.69 Å². The largest absolute Gasteiger partial charge is 0.352 e. The molecule has 0 aromatic heterocycles. The van der Waals surface area contributed by atoms with Gasteiger partial charge in [-0.1, -0.05) is 62.6 Å². The molecule has 2 aromatic rings. The summed E-state index contributed by atoms with van der Waals surface area (Å²) in [6.45, 7) is 3.64. The number of rotatable bonds is 11. The normalized spacial score (nSPS) is 14.9. The molecule has 2 aromatic carbocycles. The Morgan fingerprint density at radius 3 is 2.11 bits per heavy atom. The van der Waals surface area contributed by atoms with Crippen LogP contribution >= 0.6 is 11.6 Å². The Labute approximate surface area is 219 Å². The quantitative estimate of drug-likeness (QED) is 0.459. The standard InChI is InChI=1S/C27H36ClN3O4S/c1-4-20-12-16-24(17-13-20)31(36(3,34)35)19-26(32)30(18-21-10-14-22(28)15-11-21)25(5-2)27(33)29-23-8-6-7-9-23/h10-17,23,25H,4-9,18-19H2,1-3H3,(H,29,33)/t25-/m0/s1. The van der Waals surface area contributed by atoms with E-state index in [4.69, 9.17) is 11.6 Å². The fourth-order valence-electron chi connectivity index (χ4n) is 4.59. The predicted octanol–water partition coefficient (Wildman–Crippen LogP) is 4.53. The van der Waals surface area contributed by atoms with Crippen molar-refractivity contribution in [1.82, 2.24) is 10.2 Å². The van der Waals surface area contributed by atoms with E-state index >= 15 is 0 Å². The number of hydrogen-bond acceptors (Lipinski definition) is 4. The highest BCUT2D eigenvalue weighted by Crippen LogP contribution is 2.22. The molecule has 1 saturated carbocycles. The van der Waals surface area contributed by atoms with Crippen LogP contribution in [0.1, 0.15) is 57.1 Å². The molecule has 1 aliphatic rings. The van der Waals surface area contributed by atoms with Gasteiger partial charge in [0.2, 0.25) is 21.8 Å². The summed E-state index contributed by atoms with van der Waals surface area (Å²) < 4.78 is 26.5.